The van der Waals surface area contributed by atoms with E-state index in [0.717, 1.165) is 37.9 Å². The SMILES string of the molecule is Cc1ccc(S(=O)(=O)c2nc(-c3ccc(Cl)cc3Cl)oc2N2CCCCC2)cc1. The number of anilines is 1. The van der Waals surface area contributed by atoms with E-state index in [1.54, 1.807) is 42.5 Å². The number of hydrogen-bond acceptors (Lipinski definition) is 5. The molecule has 0 saturated carbocycles. The van der Waals surface area contributed by atoms with Crippen molar-refractivity contribution in [3.05, 3.63) is 58.1 Å². The summed E-state index contributed by atoms with van der Waals surface area (Å²) in [6.45, 7) is 3.35. The van der Waals surface area contributed by atoms with Crippen LogP contribution in [-0.4, -0.2) is 26.5 Å². The van der Waals surface area contributed by atoms with E-state index in [1.165, 1.54) is 0 Å². The van der Waals surface area contributed by atoms with Crippen molar-refractivity contribution < 1.29 is 12.8 Å². The number of rotatable bonds is 4. The van der Waals surface area contributed by atoms with Gasteiger partial charge in [-0.3, -0.25) is 0 Å². The third kappa shape index (κ3) is 4.02. The van der Waals surface area contributed by atoms with E-state index in [4.69, 9.17) is 27.6 Å². The summed E-state index contributed by atoms with van der Waals surface area (Å²) in [6.07, 6.45) is 3.06. The molecule has 3 aromatic rings. The molecule has 0 amide bonds. The summed E-state index contributed by atoms with van der Waals surface area (Å²) in [5.74, 6) is 0.434. The summed E-state index contributed by atoms with van der Waals surface area (Å²) in [7, 11) is -3.86. The summed E-state index contributed by atoms with van der Waals surface area (Å²) >= 11 is 12.3. The normalized spacial score (nSPS) is 14.9. The summed E-state index contributed by atoms with van der Waals surface area (Å²) in [5.41, 5.74) is 1.48. The van der Waals surface area contributed by atoms with Gasteiger partial charge < -0.3 is 9.32 Å². The first-order valence-electron chi connectivity index (χ1n) is 9.39. The highest BCUT2D eigenvalue weighted by molar-refractivity contribution is 7.91. The molecule has 0 radical (unpaired) electrons. The molecule has 0 bridgehead atoms. The number of nitrogens with zero attached hydrogens (tertiary/aromatic N) is 2. The van der Waals surface area contributed by atoms with Crippen LogP contribution in [-0.2, 0) is 9.84 Å². The second-order valence-corrected chi connectivity index (χ2v) is 9.83. The van der Waals surface area contributed by atoms with E-state index < -0.39 is 9.84 Å². The number of hydrogen-bond donors (Lipinski definition) is 0. The van der Waals surface area contributed by atoms with Crippen molar-refractivity contribution in [2.24, 2.45) is 0 Å². The lowest BCUT2D eigenvalue weighted by molar-refractivity contribution is 0.499. The fourth-order valence-electron chi connectivity index (χ4n) is 3.38. The van der Waals surface area contributed by atoms with Crippen LogP contribution in [0, 0.1) is 6.92 Å². The van der Waals surface area contributed by atoms with Gasteiger partial charge in [-0.25, -0.2) is 8.42 Å². The van der Waals surface area contributed by atoms with Crippen LogP contribution in [0.25, 0.3) is 11.5 Å². The molecular weight excluding hydrogens is 431 g/mol. The lowest BCUT2D eigenvalue weighted by Crippen LogP contribution is -2.30. The molecule has 1 aliphatic heterocycles. The Hall–Kier alpha value is -2.02. The van der Waals surface area contributed by atoms with Crippen LogP contribution < -0.4 is 4.90 Å². The molecule has 2 heterocycles. The van der Waals surface area contributed by atoms with E-state index >= 15 is 0 Å². The van der Waals surface area contributed by atoms with Crippen LogP contribution in [0.1, 0.15) is 24.8 Å². The zero-order valence-electron chi connectivity index (χ0n) is 15.9. The topological polar surface area (TPSA) is 63.4 Å². The molecular formula is C21H20Cl2N2O3S. The maximum Gasteiger partial charge on any atom is 0.236 e. The monoisotopic (exact) mass is 450 g/mol. The molecule has 4 rings (SSSR count). The number of aromatic nitrogens is 1. The Bertz CT molecular complexity index is 1140. The number of benzene rings is 2. The van der Waals surface area contributed by atoms with Crippen molar-refractivity contribution in [2.75, 3.05) is 18.0 Å². The van der Waals surface area contributed by atoms with Gasteiger partial charge in [0.05, 0.1) is 15.5 Å². The zero-order chi connectivity index (χ0) is 20.6. The minimum absolute atomic E-state index is 0.0794. The van der Waals surface area contributed by atoms with Crippen molar-refractivity contribution in [3.63, 3.8) is 0 Å². The van der Waals surface area contributed by atoms with E-state index in [1.807, 2.05) is 11.8 Å². The number of piperidine rings is 1. The van der Waals surface area contributed by atoms with Crippen LogP contribution in [0.5, 0.6) is 0 Å². The number of sulfone groups is 1. The molecule has 152 valence electrons. The largest absolute Gasteiger partial charge is 0.419 e. The van der Waals surface area contributed by atoms with Crippen molar-refractivity contribution in [1.82, 2.24) is 4.98 Å². The summed E-state index contributed by atoms with van der Waals surface area (Å²) in [4.78, 5) is 6.53. The fraction of sp³-hybridized carbons (Fsp3) is 0.286. The highest BCUT2D eigenvalue weighted by atomic mass is 35.5. The first-order chi connectivity index (χ1) is 13.9. The molecule has 0 unspecified atom stereocenters. The number of oxazole rings is 1. The minimum Gasteiger partial charge on any atom is -0.419 e. The summed E-state index contributed by atoms with van der Waals surface area (Å²) in [6, 6.07) is 11.6. The third-order valence-corrected chi connectivity index (χ3v) is 7.19. The zero-order valence-corrected chi connectivity index (χ0v) is 18.2. The molecule has 1 fully saturated rings. The van der Waals surface area contributed by atoms with Gasteiger partial charge in [-0.1, -0.05) is 40.9 Å². The van der Waals surface area contributed by atoms with Crippen LogP contribution in [0.3, 0.4) is 0 Å². The Morgan fingerprint density at radius 1 is 1.00 bits per heavy atom. The van der Waals surface area contributed by atoms with E-state index in [2.05, 4.69) is 4.98 Å². The molecule has 0 N–H and O–H groups in total. The second-order valence-electron chi connectivity index (χ2n) is 7.12. The first-order valence-corrected chi connectivity index (χ1v) is 11.6. The highest BCUT2D eigenvalue weighted by Crippen LogP contribution is 2.38. The Labute approximate surface area is 180 Å². The van der Waals surface area contributed by atoms with Gasteiger partial charge in [0.1, 0.15) is 0 Å². The van der Waals surface area contributed by atoms with Crippen LogP contribution in [0.15, 0.2) is 56.8 Å². The maximum absolute atomic E-state index is 13.4. The fourth-order valence-corrected chi connectivity index (χ4v) is 5.19. The summed E-state index contributed by atoms with van der Waals surface area (Å²) in [5, 5.41) is 0.751. The molecule has 1 saturated heterocycles. The average Bonchev–Trinajstić information content (AvgIpc) is 3.15. The predicted molar refractivity (Wildman–Crippen MR) is 115 cm³/mol. The quantitative estimate of drug-likeness (QED) is 0.503. The third-order valence-electron chi connectivity index (χ3n) is 4.97. The number of halogens is 2. The van der Waals surface area contributed by atoms with Gasteiger partial charge in [0.15, 0.2) is 0 Å². The molecule has 0 aliphatic carbocycles. The smallest absolute Gasteiger partial charge is 0.236 e. The Kier molecular flexibility index (Phi) is 5.60. The molecule has 0 atom stereocenters. The standard InChI is InChI=1S/C21H20Cl2N2O3S/c1-14-5-8-16(9-6-14)29(26,27)20-21(25-11-3-2-4-12-25)28-19(24-20)17-10-7-15(22)13-18(17)23/h5-10,13H,2-4,11-12H2,1H3. The maximum atomic E-state index is 13.4. The van der Waals surface area contributed by atoms with Crippen LogP contribution >= 0.6 is 23.2 Å². The van der Waals surface area contributed by atoms with Gasteiger partial charge in [-0.15, -0.1) is 0 Å². The van der Waals surface area contributed by atoms with Crippen molar-refractivity contribution in [1.29, 1.82) is 0 Å². The molecule has 0 spiro atoms. The molecule has 29 heavy (non-hydrogen) atoms. The Balaban J connectivity index is 1.87. The second kappa shape index (κ2) is 8.01. The molecule has 1 aromatic heterocycles. The van der Waals surface area contributed by atoms with Gasteiger partial charge in [-0.2, -0.15) is 4.98 Å². The number of aryl methyl sites for hydroxylation is 1. The molecule has 2 aromatic carbocycles. The van der Waals surface area contributed by atoms with Crippen molar-refractivity contribution in [2.45, 2.75) is 36.1 Å². The lowest BCUT2D eigenvalue weighted by Gasteiger charge is -2.26. The van der Waals surface area contributed by atoms with E-state index in [9.17, 15) is 8.42 Å². The van der Waals surface area contributed by atoms with Crippen molar-refractivity contribution >= 4 is 38.9 Å². The van der Waals surface area contributed by atoms with E-state index in [0.29, 0.717) is 15.6 Å². The lowest BCUT2D eigenvalue weighted by atomic mass is 10.1. The minimum atomic E-state index is -3.86. The predicted octanol–water partition coefficient (Wildman–Crippen LogP) is 5.78. The van der Waals surface area contributed by atoms with E-state index in [-0.39, 0.29) is 21.7 Å². The van der Waals surface area contributed by atoms with Gasteiger partial charge in [0.25, 0.3) is 0 Å². The first kappa shape index (κ1) is 20.3. The summed E-state index contributed by atoms with van der Waals surface area (Å²) < 4.78 is 32.8. The van der Waals surface area contributed by atoms with Crippen LogP contribution in [0.4, 0.5) is 5.88 Å². The molecule has 5 nitrogen and oxygen atoms in total. The Morgan fingerprint density at radius 3 is 2.34 bits per heavy atom. The van der Waals surface area contributed by atoms with Gasteiger partial charge in [0, 0.05) is 18.1 Å². The van der Waals surface area contributed by atoms with Crippen LogP contribution in [0.2, 0.25) is 10.0 Å². The van der Waals surface area contributed by atoms with Gasteiger partial charge in [-0.05, 0) is 56.5 Å². The van der Waals surface area contributed by atoms with Gasteiger partial charge >= 0.3 is 0 Å². The Morgan fingerprint density at radius 2 is 1.69 bits per heavy atom. The van der Waals surface area contributed by atoms with Crippen molar-refractivity contribution in [3.8, 4) is 11.5 Å². The molecule has 8 heteroatoms. The average molecular weight is 451 g/mol. The highest BCUT2D eigenvalue weighted by Gasteiger charge is 2.32. The molecule has 1 aliphatic rings. The van der Waals surface area contributed by atoms with Gasteiger partial charge in [0.2, 0.25) is 26.6 Å².